The predicted molar refractivity (Wildman–Crippen MR) is 175 cm³/mol. The SMILES string of the molecule is FC(F)(F)c1c2nc(c(C(F)(F)F)c3[nH]c(cc4nc(cc5[nH]c1c1ccccc51)-c1ccccc1-4)c1ccccc31)-c1ccccc1-2. The molecule has 4 nitrogen and oxygen atoms in total. The van der Waals surface area contributed by atoms with Crippen molar-refractivity contribution in [2.45, 2.75) is 12.4 Å². The Kier molecular flexibility index (Phi) is 5.79. The number of benzene rings is 4. The second-order valence-electron chi connectivity index (χ2n) is 11.7. The van der Waals surface area contributed by atoms with E-state index >= 15 is 26.3 Å². The maximum atomic E-state index is 15.4. The highest BCUT2D eigenvalue weighted by molar-refractivity contribution is 6.12. The molecule has 0 fully saturated rings. The van der Waals surface area contributed by atoms with Gasteiger partial charge in [0.25, 0.3) is 0 Å². The van der Waals surface area contributed by atoms with Crippen molar-refractivity contribution in [1.29, 1.82) is 0 Å². The van der Waals surface area contributed by atoms with E-state index in [1.807, 2.05) is 24.3 Å². The van der Waals surface area contributed by atoms with Crippen molar-refractivity contribution >= 4 is 43.6 Å². The first-order chi connectivity index (χ1) is 23.1. The lowest BCUT2D eigenvalue weighted by atomic mass is 9.98. The minimum absolute atomic E-state index is 0.0503. The molecule has 2 N–H and O–H groups in total. The van der Waals surface area contributed by atoms with E-state index in [4.69, 9.17) is 4.98 Å². The van der Waals surface area contributed by atoms with Gasteiger partial charge in [-0.1, -0.05) is 97.1 Å². The maximum Gasteiger partial charge on any atom is 0.420 e. The number of hydrogen-bond acceptors (Lipinski definition) is 2. The number of nitrogens with zero attached hydrogens (tertiary/aromatic N) is 2. The van der Waals surface area contributed by atoms with Crippen LogP contribution in [0.25, 0.3) is 88.6 Å². The van der Waals surface area contributed by atoms with Crippen LogP contribution in [-0.2, 0) is 12.4 Å². The first kappa shape index (κ1) is 28.3. The Morgan fingerprint density at radius 3 is 1.17 bits per heavy atom. The molecule has 0 atom stereocenters. The first-order valence-corrected chi connectivity index (χ1v) is 15.0. The number of hydrogen-bond donors (Lipinski definition) is 2. The molecule has 0 radical (unpaired) electrons. The number of aromatic amines is 2. The van der Waals surface area contributed by atoms with Crippen LogP contribution in [0.2, 0.25) is 0 Å². The summed E-state index contributed by atoms with van der Waals surface area (Å²) in [7, 11) is 0. The number of nitrogens with one attached hydrogen (secondary N) is 2. The van der Waals surface area contributed by atoms with E-state index in [9.17, 15) is 0 Å². The lowest BCUT2D eigenvalue weighted by Crippen LogP contribution is -2.08. The Hall–Kier alpha value is -5.90. The molecule has 0 aliphatic carbocycles. The maximum absolute atomic E-state index is 15.4. The first-order valence-electron chi connectivity index (χ1n) is 15.0. The third-order valence-corrected chi connectivity index (χ3v) is 8.98. The van der Waals surface area contributed by atoms with Gasteiger partial charge < -0.3 is 9.97 Å². The lowest BCUT2D eigenvalue weighted by Gasteiger charge is -2.10. The largest absolute Gasteiger partial charge is 0.420 e. The second kappa shape index (κ2) is 9.80. The highest BCUT2D eigenvalue weighted by Gasteiger charge is 2.42. The molecule has 5 heterocycles. The standard InChI is InChI=1S/C38H20F6N4/c39-37(40,41)31-33-23-13-5-3-11-21(23)29(46-33)17-27-19-9-1-2-10-20(19)28(45-27)18-30-22-12-4-6-14-24(22)34(47-30)32(38(42,43)44)36-26-16-8-7-15-25(26)35(31)48-36/h1-18,46-47H. The summed E-state index contributed by atoms with van der Waals surface area (Å²) in [5.41, 5.74) is -1.01. The van der Waals surface area contributed by atoms with Gasteiger partial charge in [-0.25, -0.2) is 9.97 Å². The van der Waals surface area contributed by atoms with Gasteiger partial charge in [-0.05, 0) is 12.1 Å². The van der Waals surface area contributed by atoms with Crippen molar-refractivity contribution in [2.24, 2.45) is 0 Å². The Balaban J connectivity index is 1.62. The molecule has 2 aliphatic rings. The zero-order chi connectivity index (χ0) is 32.9. The van der Waals surface area contributed by atoms with Crippen LogP contribution in [0.4, 0.5) is 26.3 Å². The van der Waals surface area contributed by atoms with Gasteiger partial charge in [-0.3, -0.25) is 0 Å². The highest BCUT2D eigenvalue weighted by Crippen LogP contribution is 2.50. The summed E-state index contributed by atoms with van der Waals surface area (Å²) >= 11 is 0. The summed E-state index contributed by atoms with van der Waals surface area (Å²) in [5, 5.41) is 1.48. The summed E-state index contributed by atoms with van der Waals surface area (Å²) < 4.78 is 92.2. The van der Waals surface area contributed by atoms with Crippen molar-refractivity contribution in [3.05, 3.63) is 120 Å². The van der Waals surface area contributed by atoms with E-state index in [0.717, 1.165) is 11.1 Å². The van der Waals surface area contributed by atoms with Crippen molar-refractivity contribution < 1.29 is 26.3 Å². The normalized spacial score (nSPS) is 12.8. The average Bonchev–Trinajstić information content (AvgIpc) is 3.80. The fourth-order valence-corrected chi connectivity index (χ4v) is 7.00. The molecule has 3 aromatic heterocycles. The van der Waals surface area contributed by atoms with Crippen molar-refractivity contribution in [2.75, 3.05) is 0 Å². The number of alkyl halides is 6. The minimum atomic E-state index is -5.00. The molecule has 2 aliphatic heterocycles. The quantitative estimate of drug-likeness (QED) is 0.161. The third-order valence-electron chi connectivity index (χ3n) is 8.98. The second-order valence-corrected chi connectivity index (χ2v) is 11.7. The van der Waals surface area contributed by atoms with Crippen molar-refractivity contribution in [3.63, 3.8) is 0 Å². The summed E-state index contributed by atoms with van der Waals surface area (Å²) in [6.07, 6.45) is -10.0. The van der Waals surface area contributed by atoms with E-state index in [-0.39, 0.29) is 32.9 Å². The van der Waals surface area contributed by atoms with Gasteiger partial charge in [0, 0.05) is 54.8 Å². The molecule has 9 rings (SSSR count). The monoisotopic (exact) mass is 646 g/mol. The van der Waals surface area contributed by atoms with Crippen LogP contribution < -0.4 is 0 Å². The van der Waals surface area contributed by atoms with Crippen LogP contribution >= 0.6 is 0 Å². The Bertz CT molecular complexity index is 2480. The van der Waals surface area contributed by atoms with Gasteiger partial charge in [-0.15, -0.1) is 0 Å². The molecule has 10 heteroatoms. The summed E-state index contributed by atoms with van der Waals surface area (Å²) in [6.45, 7) is 0. The molecular weight excluding hydrogens is 626 g/mol. The number of H-pyrrole nitrogens is 2. The number of aromatic nitrogens is 4. The predicted octanol–water partition coefficient (Wildman–Crippen LogP) is 11.3. The molecule has 7 aromatic rings. The molecule has 48 heavy (non-hydrogen) atoms. The van der Waals surface area contributed by atoms with Crippen LogP contribution in [0, 0.1) is 0 Å². The molecule has 234 valence electrons. The van der Waals surface area contributed by atoms with Crippen LogP contribution in [0.3, 0.4) is 0 Å². The zero-order valence-electron chi connectivity index (χ0n) is 24.6. The van der Waals surface area contributed by atoms with Crippen molar-refractivity contribution in [1.82, 2.24) is 19.9 Å². The summed E-state index contributed by atoms with van der Waals surface area (Å²) in [4.78, 5) is 15.1. The Morgan fingerprint density at radius 2 is 0.771 bits per heavy atom. The van der Waals surface area contributed by atoms with Gasteiger partial charge >= 0.3 is 12.4 Å². The Labute approximate surface area is 267 Å². The van der Waals surface area contributed by atoms with Crippen LogP contribution in [0.15, 0.2) is 109 Å². The van der Waals surface area contributed by atoms with Gasteiger partial charge in [0.1, 0.15) is 11.1 Å². The van der Waals surface area contributed by atoms with Gasteiger partial charge in [0.05, 0.1) is 33.8 Å². The minimum Gasteiger partial charge on any atom is -0.354 e. The number of halogens is 6. The number of rotatable bonds is 0. The average molecular weight is 647 g/mol. The van der Waals surface area contributed by atoms with Gasteiger partial charge in [-0.2, -0.15) is 26.3 Å². The van der Waals surface area contributed by atoms with Crippen LogP contribution in [0.1, 0.15) is 11.1 Å². The highest BCUT2D eigenvalue weighted by atomic mass is 19.4. The molecule has 0 saturated heterocycles. The third kappa shape index (κ3) is 4.11. The molecule has 8 bridgehead atoms. The van der Waals surface area contributed by atoms with Crippen LogP contribution in [-0.4, -0.2) is 19.9 Å². The summed E-state index contributed by atoms with van der Waals surface area (Å²) in [5.74, 6) is 0. The molecule has 0 saturated carbocycles. The van der Waals surface area contributed by atoms with Crippen LogP contribution in [0.5, 0.6) is 0 Å². The Morgan fingerprint density at radius 1 is 0.417 bits per heavy atom. The lowest BCUT2D eigenvalue weighted by molar-refractivity contribution is -0.136. The molecule has 0 spiro atoms. The number of fused-ring (bicyclic) bond motifs is 20. The molecule has 0 unspecified atom stereocenters. The van der Waals surface area contributed by atoms with E-state index < -0.39 is 34.9 Å². The van der Waals surface area contributed by atoms with Gasteiger partial charge in [0.15, 0.2) is 0 Å². The smallest absolute Gasteiger partial charge is 0.354 e. The van der Waals surface area contributed by atoms with Gasteiger partial charge in [0.2, 0.25) is 0 Å². The molecular formula is C38H20F6N4. The topological polar surface area (TPSA) is 57.4 Å². The van der Waals surface area contributed by atoms with E-state index in [1.54, 1.807) is 60.7 Å². The molecule has 4 aromatic carbocycles. The van der Waals surface area contributed by atoms with E-state index in [1.165, 1.54) is 24.3 Å². The zero-order valence-corrected chi connectivity index (χ0v) is 24.6. The van der Waals surface area contributed by atoms with E-state index in [0.29, 0.717) is 33.2 Å². The molecule has 0 amide bonds. The van der Waals surface area contributed by atoms with E-state index in [2.05, 4.69) is 15.0 Å². The van der Waals surface area contributed by atoms with Crippen molar-refractivity contribution in [3.8, 4) is 45.0 Å². The summed E-state index contributed by atoms with van der Waals surface area (Å²) in [6, 6.07) is 29.7. The fourth-order valence-electron chi connectivity index (χ4n) is 7.00. The fraction of sp³-hybridized carbons (Fsp3) is 0.0526.